The van der Waals surface area contributed by atoms with Crippen molar-refractivity contribution in [2.75, 3.05) is 0 Å². The van der Waals surface area contributed by atoms with Crippen LogP contribution in [0.4, 0.5) is 0 Å². The van der Waals surface area contributed by atoms with Crippen LogP contribution in [0.3, 0.4) is 0 Å². The van der Waals surface area contributed by atoms with Gasteiger partial charge in [0.1, 0.15) is 12.4 Å². The van der Waals surface area contributed by atoms with Gasteiger partial charge in [0.05, 0.1) is 16.2 Å². The summed E-state index contributed by atoms with van der Waals surface area (Å²) in [5.74, 6) is 2.21. The van der Waals surface area contributed by atoms with Gasteiger partial charge in [-0.2, -0.15) is 0 Å². The van der Waals surface area contributed by atoms with Crippen molar-refractivity contribution in [1.29, 1.82) is 0 Å². The van der Waals surface area contributed by atoms with Crippen molar-refractivity contribution in [1.82, 2.24) is 19.7 Å². The molecule has 3 aromatic carbocycles. The van der Waals surface area contributed by atoms with Crippen molar-refractivity contribution in [2.45, 2.75) is 36.4 Å². The number of hydrogen-bond acceptors (Lipinski definition) is 5. The molecular weight excluding hydrogens is 452 g/mol. The number of rotatable bonds is 7. The number of thioether (sulfide) groups is 1. The third-order valence-electron chi connectivity index (χ3n) is 5.87. The number of benzene rings is 3. The van der Waals surface area contributed by atoms with Gasteiger partial charge in [0.2, 0.25) is 0 Å². The molecule has 1 aliphatic carbocycles. The summed E-state index contributed by atoms with van der Waals surface area (Å²) in [6, 6.07) is 24.7. The third-order valence-corrected chi connectivity index (χ3v) is 7.13. The second-order valence-corrected chi connectivity index (χ2v) is 9.48. The fraction of sp³-hybridized carbons (Fsp3) is 0.192. The molecule has 0 bridgehead atoms. The molecule has 1 fully saturated rings. The van der Waals surface area contributed by atoms with E-state index in [-0.39, 0.29) is 0 Å². The molecule has 0 amide bonds. The number of halogens is 1. The summed E-state index contributed by atoms with van der Waals surface area (Å²) in [7, 11) is 0. The number of hydrogen-bond donors (Lipinski definition) is 0. The van der Waals surface area contributed by atoms with Crippen LogP contribution in [0.25, 0.3) is 21.7 Å². The zero-order valence-corrected chi connectivity index (χ0v) is 19.4. The van der Waals surface area contributed by atoms with E-state index in [4.69, 9.17) is 21.3 Å². The summed E-state index contributed by atoms with van der Waals surface area (Å²) in [6.07, 6.45) is 2.28. The molecular formula is C26H21ClN4OS. The molecule has 164 valence electrons. The molecule has 0 aliphatic heterocycles. The van der Waals surface area contributed by atoms with Crippen LogP contribution in [0.1, 0.15) is 30.4 Å². The number of pyridine rings is 1. The van der Waals surface area contributed by atoms with Crippen LogP contribution < -0.4 is 4.74 Å². The molecule has 0 N–H and O–H groups in total. The van der Waals surface area contributed by atoms with E-state index in [1.165, 1.54) is 16.2 Å². The molecule has 6 rings (SSSR count). The lowest BCUT2D eigenvalue weighted by molar-refractivity contribution is 0.288. The maximum atomic E-state index is 6.24. The molecule has 0 radical (unpaired) electrons. The van der Waals surface area contributed by atoms with Crippen LogP contribution in [-0.4, -0.2) is 19.7 Å². The van der Waals surface area contributed by atoms with Crippen molar-refractivity contribution in [3.63, 3.8) is 0 Å². The van der Waals surface area contributed by atoms with Gasteiger partial charge < -0.3 is 4.74 Å². The van der Waals surface area contributed by atoms with Gasteiger partial charge in [-0.3, -0.25) is 9.55 Å². The Morgan fingerprint density at radius 1 is 0.879 bits per heavy atom. The Kier molecular flexibility index (Phi) is 5.40. The highest BCUT2D eigenvalue weighted by Gasteiger charge is 2.30. The molecule has 0 spiro atoms. The number of fused-ring (bicyclic) bond motifs is 3. The van der Waals surface area contributed by atoms with Crippen LogP contribution in [0.2, 0.25) is 5.02 Å². The lowest BCUT2D eigenvalue weighted by Gasteiger charge is -2.12. The minimum Gasteiger partial charge on any atom is -0.484 e. The summed E-state index contributed by atoms with van der Waals surface area (Å²) < 4.78 is 8.17. The lowest BCUT2D eigenvalue weighted by Crippen LogP contribution is -2.07. The first-order valence-corrected chi connectivity index (χ1v) is 12.3. The normalized spacial score (nSPS) is 13.6. The maximum absolute atomic E-state index is 6.24. The highest BCUT2D eigenvalue weighted by Crippen LogP contribution is 2.40. The predicted octanol–water partition coefficient (Wildman–Crippen LogP) is 6.84. The van der Waals surface area contributed by atoms with Crippen LogP contribution >= 0.6 is 23.4 Å². The molecule has 33 heavy (non-hydrogen) atoms. The average molecular weight is 473 g/mol. The van der Waals surface area contributed by atoms with E-state index in [1.807, 2.05) is 30.3 Å². The Morgan fingerprint density at radius 2 is 1.61 bits per heavy atom. The Balaban J connectivity index is 1.28. The highest BCUT2D eigenvalue weighted by atomic mass is 35.5. The molecule has 7 heteroatoms. The predicted molar refractivity (Wildman–Crippen MR) is 133 cm³/mol. The first-order valence-electron chi connectivity index (χ1n) is 11.0. The molecule has 2 heterocycles. The molecule has 5 aromatic rings. The van der Waals surface area contributed by atoms with Crippen molar-refractivity contribution < 1.29 is 4.74 Å². The van der Waals surface area contributed by atoms with E-state index in [0.29, 0.717) is 23.4 Å². The van der Waals surface area contributed by atoms with E-state index in [1.54, 1.807) is 11.8 Å². The van der Waals surface area contributed by atoms with E-state index in [2.05, 4.69) is 57.2 Å². The van der Waals surface area contributed by atoms with Crippen LogP contribution in [0.15, 0.2) is 78.0 Å². The molecule has 2 aromatic heterocycles. The minimum atomic E-state index is 0.338. The van der Waals surface area contributed by atoms with Gasteiger partial charge in [-0.1, -0.05) is 78.0 Å². The van der Waals surface area contributed by atoms with Crippen molar-refractivity contribution in [3.8, 4) is 5.75 Å². The second kappa shape index (κ2) is 8.69. The standard InChI is InChI=1S/C26H21ClN4OS/c27-21-10-4-6-12-24(21)32-15-25-29-30-26(31(25)17-13-14-17)33-16-23-20-9-2-1-7-18(20)19-8-3-5-11-22(19)28-23/h1-12,17H,13-16H2. The highest BCUT2D eigenvalue weighted by molar-refractivity contribution is 7.98. The first kappa shape index (κ1) is 20.5. The summed E-state index contributed by atoms with van der Waals surface area (Å²) in [6.45, 7) is 0.338. The summed E-state index contributed by atoms with van der Waals surface area (Å²) in [5.41, 5.74) is 2.08. The second-order valence-electron chi connectivity index (χ2n) is 8.13. The van der Waals surface area contributed by atoms with Gasteiger partial charge in [-0.25, -0.2) is 0 Å². The quantitative estimate of drug-likeness (QED) is 0.192. The third kappa shape index (κ3) is 4.05. The smallest absolute Gasteiger partial charge is 0.191 e. The van der Waals surface area contributed by atoms with Crippen molar-refractivity contribution in [2.24, 2.45) is 0 Å². The zero-order valence-electron chi connectivity index (χ0n) is 17.8. The van der Waals surface area contributed by atoms with Crippen molar-refractivity contribution in [3.05, 3.63) is 89.3 Å². The average Bonchev–Trinajstić information content (AvgIpc) is 3.62. The monoisotopic (exact) mass is 472 g/mol. The van der Waals surface area contributed by atoms with E-state index < -0.39 is 0 Å². The van der Waals surface area contributed by atoms with Crippen LogP contribution in [-0.2, 0) is 12.4 Å². The molecule has 1 saturated carbocycles. The largest absolute Gasteiger partial charge is 0.484 e. The summed E-state index contributed by atoms with van der Waals surface area (Å²) in [4.78, 5) is 4.98. The van der Waals surface area contributed by atoms with Gasteiger partial charge in [-0.05, 0) is 36.4 Å². The lowest BCUT2D eigenvalue weighted by atomic mass is 10.0. The number of nitrogens with zero attached hydrogens (tertiary/aromatic N) is 4. The fourth-order valence-corrected chi connectivity index (χ4v) is 5.29. The van der Waals surface area contributed by atoms with Gasteiger partial charge in [0.15, 0.2) is 11.0 Å². The summed E-state index contributed by atoms with van der Waals surface area (Å²) in [5, 5.41) is 14.1. The Morgan fingerprint density at radius 3 is 2.42 bits per heavy atom. The Bertz CT molecular complexity index is 1460. The molecule has 0 atom stereocenters. The van der Waals surface area contributed by atoms with Gasteiger partial charge in [0.25, 0.3) is 0 Å². The van der Waals surface area contributed by atoms with E-state index in [9.17, 15) is 0 Å². The van der Waals surface area contributed by atoms with E-state index >= 15 is 0 Å². The van der Waals surface area contributed by atoms with Gasteiger partial charge in [0, 0.05) is 22.6 Å². The zero-order chi connectivity index (χ0) is 22.2. The van der Waals surface area contributed by atoms with Crippen LogP contribution in [0.5, 0.6) is 5.75 Å². The fourth-order valence-electron chi connectivity index (χ4n) is 4.12. The van der Waals surface area contributed by atoms with Gasteiger partial charge >= 0.3 is 0 Å². The van der Waals surface area contributed by atoms with E-state index in [0.717, 1.165) is 40.8 Å². The SMILES string of the molecule is Clc1ccccc1OCc1nnc(SCc2nc3ccccc3c3ccccc23)n1C1CC1. The molecule has 0 unspecified atom stereocenters. The summed E-state index contributed by atoms with van der Waals surface area (Å²) >= 11 is 7.92. The first-order chi connectivity index (χ1) is 16.3. The number of para-hydroxylation sites is 2. The molecule has 1 aliphatic rings. The number of aromatic nitrogens is 4. The van der Waals surface area contributed by atoms with Crippen LogP contribution in [0, 0.1) is 0 Å². The number of ether oxygens (including phenoxy) is 1. The van der Waals surface area contributed by atoms with Crippen molar-refractivity contribution >= 4 is 45.0 Å². The Hall–Kier alpha value is -3.09. The van der Waals surface area contributed by atoms with Gasteiger partial charge in [-0.15, -0.1) is 10.2 Å². The minimum absolute atomic E-state index is 0.338. The molecule has 5 nitrogen and oxygen atoms in total. The molecule has 0 saturated heterocycles. The Labute approximate surface area is 200 Å². The maximum Gasteiger partial charge on any atom is 0.191 e. The topological polar surface area (TPSA) is 52.8 Å².